The second kappa shape index (κ2) is 11.2. The molecule has 0 spiro atoms. The summed E-state index contributed by atoms with van der Waals surface area (Å²) in [5, 5.41) is 2.58. The molecule has 32 heavy (non-hydrogen) atoms. The van der Waals surface area contributed by atoms with Gasteiger partial charge in [-0.15, -0.1) is 0 Å². The summed E-state index contributed by atoms with van der Waals surface area (Å²) >= 11 is 0. The third-order valence-electron chi connectivity index (χ3n) is 4.20. The van der Waals surface area contributed by atoms with Gasteiger partial charge in [0.15, 0.2) is 12.2 Å². The number of aromatic nitrogens is 1. The monoisotopic (exact) mass is 452 g/mol. The summed E-state index contributed by atoms with van der Waals surface area (Å²) < 4.78 is 26.5. The standard InChI is InChI=1S/C20H24N2O10/c1-10(23)28-9-15-17(29-11(2)24)18(30-12(3)25)16(20(32-15)31-13(4)26)22-19(27)14-6-5-7-21-8-14/h5-8,15-18,20H,9H2,1-4H3,(H,22,27)/t15-,16-,17-,18+,20+/m0/s1. The Balaban J connectivity index is 2.44. The highest BCUT2D eigenvalue weighted by molar-refractivity contribution is 5.94. The minimum Gasteiger partial charge on any atom is -0.463 e. The van der Waals surface area contributed by atoms with Crippen molar-refractivity contribution in [3.05, 3.63) is 30.1 Å². The summed E-state index contributed by atoms with van der Waals surface area (Å²) in [5.74, 6) is -3.54. The predicted octanol–water partition coefficient (Wildman–Crippen LogP) is -0.105. The van der Waals surface area contributed by atoms with E-state index in [0.29, 0.717) is 0 Å². The second-order valence-electron chi connectivity index (χ2n) is 6.84. The van der Waals surface area contributed by atoms with E-state index in [1.165, 1.54) is 24.5 Å². The van der Waals surface area contributed by atoms with Crippen LogP contribution in [-0.2, 0) is 42.9 Å². The molecule has 1 N–H and O–H groups in total. The van der Waals surface area contributed by atoms with Gasteiger partial charge in [-0.25, -0.2) is 0 Å². The molecule has 174 valence electrons. The number of pyridine rings is 1. The van der Waals surface area contributed by atoms with Gasteiger partial charge in [-0.1, -0.05) is 0 Å². The van der Waals surface area contributed by atoms with Crippen molar-refractivity contribution < 1.29 is 47.7 Å². The van der Waals surface area contributed by atoms with Crippen LogP contribution in [0.5, 0.6) is 0 Å². The first-order chi connectivity index (χ1) is 15.1. The average Bonchev–Trinajstić information content (AvgIpc) is 2.70. The van der Waals surface area contributed by atoms with Gasteiger partial charge >= 0.3 is 23.9 Å². The molecular weight excluding hydrogens is 428 g/mol. The molecule has 5 atom stereocenters. The van der Waals surface area contributed by atoms with Gasteiger partial charge in [0.1, 0.15) is 18.8 Å². The van der Waals surface area contributed by atoms with Crippen LogP contribution in [0.25, 0.3) is 0 Å². The van der Waals surface area contributed by atoms with E-state index in [9.17, 15) is 24.0 Å². The molecule has 0 unspecified atom stereocenters. The number of hydrogen-bond donors (Lipinski definition) is 1. The summed E-state index contributed by atoms with van der Waals surface area (Å²) in [4.78, 5) is 63.1. The Morgan fingerprint density at radius 3 is 2.09 bits per heavy atom. The molecule has 0 aromatic carbocycles. The van der Waals surface area contributed by atoms with Crippen LogP contribution < -0.4 is 5.32 Å². The van der Waals surface area contributed by atoms with Gasteiger partial charge in [-0.05, 0) is 12.1 Å². The van der Waals surface area contributed by atoms with Crippen molar-refractivity contribution in [1.29, 1.82) is 0 Å². The summed E-state index contributed by atoms with van der Waals surface area (Å²) in [6.45, 7) is 4.11. The number of nitrogens with zero attached hydrogens (tertiary/aromatic N) is 1. The SMILES string of the molecule is CC(=O)OC[C@@H]1O[C@@H](OC(C)=O)[C@@H](NC(=O)c2cccnc2)[C@@H](OC(C)=O)[C@H]1OC(C)=O. The van der Waals surface area contributed by atoms with Crippen molar-refractivity contribution in [2.24, 2.45) is 0 Å². The quantitative estimate of drug-likeness (QED) is 0.435. The van der Waals surface area contributed by atoms with Gasteiger partial charge in [-0.3, -0.25) is 29.0 Å². The number of nitrogens with one attached hydrogen (secondary N) is 1. The van der Waals surface area contributed by atoms with Crippen molar-refractivity contribution >= 4 is 29.8 Å². The maximum Gasteiger partial charge on any atom is 0.305 e. The van der Waals surface area contributed by atoms with Crippen LogP contribution in [0, 0.1) is 0 Å². The topological polar surface area (TPSA) is 156 Å². The molecule has 1 amide bonds. The van der Waals surface area contributed by atoms with Crippen LogP contribution in [0.1, 0.15) is 38.1 Å². The molecule has 1 aliphatic heterocycles. The maximum absolute atomic E-state index is 12.7. The van der Waals surface area contributed by atoms with Crippen molar-refractivity contribution in [3.63, 3.8) is 0 Å². The van der Waals surface area contributed by atoms with Gasteiger partial charge in [-0.2, -0.15) is 0 Å². The zero-order chi connectivity index (χ0) is 23.8. The Labute approximate surface area is 183 Å². The van der Waals surface area contributed by atoms with Crippen LogP contribution in [0.4, 0.5) is 0 Å². The average molecular weight is 452 g/mol. The first-order valence-corrected chi connectivity index (χ1v) is 9.59. The molecule has 0 saturated carbocycles. The molecule has 1 aliphatic rings. The first-order valence-electron chi connectivity index (χ1n) is 9.59. The van der Waals surface area contributed by atoms with Gasteiger partial charge in [0.25, 0.3) is 5.91 Å². The van der Waals surface area contributed by atoms with E-state index in [0.717, 1.165) is 27.7 Å². The Kier molecular flexibility index (Phi) is 8.64. The van der Waals surface area contributed by atoms with E-state index in [1.54, 1.807) is 0 Å². The van der Waals surface area contributed by atoms with E-state index in [1.807, 2.05) is 0 Å². The van der Waals surface area contributed by atoms with Crippen LogP contribution in [0.2, 0.25) is 0 Å². The predicted molar refractivity (Wildman–Crippen MR) is 104 cm³/mol. The highest BCUT2D eigenvalue weighted by atomic mass is 16.7. The summed E-state index contributed by atoms with van der Waals surface area (Å²) in [6, 6.07) is 1.75. The molecule has 2 rings (SSSR count). The highest BCUT2D eigenvalue weighted by Crippen LogP contribution is 2.28. The molecule has 0 bridgehead atoms. The van der Waals surface area contributed by atoms with E-state index in [4.69, 9.17) is 23.7 Å². The normalized spacial score (nSPS) is 24.6. The number of esters is 4. The molecular formula is C20H24N2O10. The molecule has 1 saturated heterocycles. The van der Waals surface area contributed by atoms with E-state index < -0.39 is 67.0 Å². The fraction of sp³-hybridized carbons (Fsp3) is 0.500. The summed E-state index contributed by atoms with van der Waals surface area (Å²) in [5.41, 5.74) is 0.168. The fourth-order valence-corrected chi connectivity index (χ4v) is 3.05. The van der Waals surface area contributed by atoms with E-state index in [2.05, 4.69) is 10.3 Å². The van der Waals surface area contributed by atoms with Gasteiger partial charge in [0, 0.05) is 40.1 Å². The Morgan fingerprint density at radius 1 is 0.938 bits per heavy atom. The van der Waals surface area contributed by atoms with Crippen molar-refractivity contribution in [2.75, 3.05) is 6.61 Å². The van der Waals surface area contributed by atoms with Crippen molar-refractivity contribution in [2.45, 2.75) is 58.3 Å². The number of ether oxygens (including phenoxy) is 5. The third kappa shape index (κ3) is 7.01. The smallest absolute Gasteiger partial charge is 0.305 e. The van der Waals surface area contributed by atoms with E-state index in [-0.39, 0.29) is 5.56 Å². The van der Waals surface area contributed by atoms with Crippen LogP contribution in [0.3, 0.4) is 0 Å². The van der Waals surface area contributed by atoms with Gasteiger partial charge < -0.3 is 29.0 Å². The van der Waals surface area contributed by atoms with Crippen molar-refractivity contribution in [3.8, 4) is 0 Å². The number of carbonyl (C=O) groups is 5. The van der Waals surface area contributed by atoms with Gasteiger partial charge in [0.05, 0.1) is 5.56 Å². The number of carbonyl (C=O) groups excluding carboxylic acids is 5. The molecule has 0 radical (unpaired) electrons. The second-order valence-corrected chi connectivity index (χ2v) is 6.84. The fourth-order valence-electron chi connectivity index (χ4n) is 3.05. The van der Waals surface area contributed by atoms with Crippen LogP contribution >= 0.6 is 0 Å². The lowest BCUT2D eigenvalue weighted by molar-refractivity contribution is -0.270. The molecule has 1 aromatic heterocycles. The molecule has 0 aliphatic carbocycles. The molecule has 12 heteroatoms. The molecule has 1 fully saturated rings. The largest absolute Gasteiger partial charge is 0.463 e. The lowest BCUT2D eigenvalue weighted by Gasteiger charge is -2.44. The molecule has 2 heterocycles. The maximum atomic E-state index is 12.7. The van der Waals surface area contributed by atoms with Crippen LogP contribution in [-0.4, -0.2) is 72.0 Å². The highest BCUT2D eigenvalue weighted by Gasteiger charge is 2.52. The third-order valence-corrected chi connectivity index (χ3v) is 4.20. The minimum atomic E-state index is -1.45. The van der Waals surface area contributed by atoms with Gasteiger partial charge in [0.2, 0.25) is 6.29 Å². The number of amides is 1. The lowest BCUT2D eigenvalue weighted by Crippen LogP contribution is -2.67. The number of hydrogen-bond acceptors (Lipinski definition) is 11. The minimum absolute atomic E-state index is 0.168. The summed E-state index contributed by atoms with van der Waals surface area (Å²) in [7, 11) is 0. The zero-order valence-electron chi connectivity index (χ0n) is 17.9. The Morgan fingerprint density at radius 2 is 1.56 bits per heavy atom. The Hall–Kier alpha value is -3.54. The zero-order valence-corrected chi connectivity index (χ0v) is 17.9. The molecule has 12 nitrogen and oxygen atoms in total. The van der Waals surface area contributed by atoms with Crippen molar-refractivity contribution in [1.82, 2.24) is 10.3 Å². The lowest BCUT2D eigenvalue weighted by atomic mass is 9.95. The first kappa shape index (κ1) is 24.7. The van der Waals surface area contributed by atoms with E-state index >= 15 is 0 Å². The molecule has 1 aromatic rings. The Bertz CT molecular complexity index is 859. The summed E-state index contributed by atoms with van der Waals surface area (Å²) in [6.07, 6.45) is -2.47. The van der Waals surface area contributed by atoms with Crippen LogP contribution in [0.15, 0.2) is 24.5 Å². The number of rotatable bonds is 7.